The van der Waals surface area contributed by atoms with Crippen LogP contribution in [0.1, 0.15) is 69.8 Å². The third kappa shape index (κ3) is 4.78. The van der Waals surface area contributed by atoms with Crippen LogP contribution in [0.15, 0.2) is 22.0 Å². The number of aliphatic imine (C=N–C) groups is 1. The van der Waals surface area contributed by atoms with Gasteiger partial charge >= 0.3 is 0 Å². The van der Waals surface area contributed by atoms with Crippen LogP contribution in [0.25, 0.3) is 6.08 Å². The minimum Gasteiger partial charge on any atom is -0.506 e. The molecule has 1 saturated heterocycles. The minimum atomic E-state index is -0.0566. The van der Waals surface area contributed by atoms with Gasteiger partial charge in [0.2, 0.25) is 0 Å². The normalized spacial score (nSPS) is 24.8. The molecule has 4 rings (SSSR count). The van der Waals surface area contributed by atoms with Crippen molar-refractivity contribution in [2.75, 3.05) is 0 Å². The Kier molecular flexibility index (Phi) is 6.77. The van der Waals surface area contributed by atoms with Crippen molar-refractivity contribution in [3.8, 4) is 5.75 Å². The Labute approximate surface area is 186 Å². The van der Waals surface area contributed by atoms with E-state index in [1.165, 1.54) is 43.5 Å². The highest BCUT2D eigenvalue weighted by Crippen LogP contribution is 2.40. The molecule has 7 heteroatoms. The summed E-state index contributed by atoms with van der Waals surface area (Å²) in [5, 5.41) is 11.7. The third-order valence-corrected chi connectivity index (χ3v) is 7.49. The van der Waals surface area contributed by atoms with Gasteiger partial charge in [-0.25, -0.2) is 0 Å². The third-order valence-electron chi connectivity index (χ3n) is 5.99. The predicted octanol–water partition coefficient (Wildman–Crippen LogP) is 6.64. The largest absolute Gasteiger partial charge is 0.506 e. The Bertz CT molecular complexity index is 843. The first kappa shape index (κ1) is 21.1. The smallest absolute Gasteiger partial charge is 0.267 e. The number of nitrogens with zero attached hydrogens (tertiary/aromatic N) is 2. The molecule has 1 aliphatic heterocycles. The van der Waals surface area contributed by atoms with Crippen molar-refractivity contribution >= 4 is 52.1 Å². The van der Waals surface area contributed by atoms with Crippen LogP contribution >= 0.6 is 35.0 Å². The van der Waals surface area contributed by atoms with Crippen LogP contribution in [0, 0.1) is 0 Å². The molecule has 1 aromatic rings. The van der Waals surface area contributed by atoms with E-state index in [-0.39, 0.29) is 22.7 Å². The summed E-state index contributed by atoms with van der Waals surface area (Å²) < 4.78 is 0. The maximum atomic E-state index is 13.4. The lowest BCUT2D eigenvalue weighted by Gasteiger charge is -2.31. The number of rotatable bonds is 3. The molecule has 0 spiro atoms. The Morgan fingerprint density at radius 2 is 1.69 bits per heavy atom. The highest BCUT2D eigenvalue weighted by Gasteiger charge is 2.39. The fraction of sp³-hybridized carbons (Fsp3) is 0.545. The van der Waals surface area contributed by atoms with Gasteiger partial charge in [0.05, 0.1) is 16.0 Å². The van der Waals surface area contributed by atoms with Gasteiger partial charge in [0, 0.05) is 16.6 Å². The van der Waals surface area contributed by atoms with E-state index in [0.29, 0.717) is 21.5 Å². The van der Waals surface area contributed by atoms with Gasteiger partial charge in [-0.2, -0.15) is 0 Å². The van der Waals surface area contributed by atoms with E-state index >= 15 is 0 Å². The Hall–Kier alpha value is -1.17. The summed E-state index contributed by atoms with van der Waals surface area (Å²) in [6.45, 7) is 0. The molecule has 0 bridgehead atoms. The van der Waals surface area contributed by atoms with E-state index in [0.717, 1.165) is 43.7 Å². The topological polar surface area (TPSA) is 52.9 Å². The van der Waals surface area contributed by atoms with Gasteiger partial charge in [-0.3, -0.25) is 14.7 Å². The van der Waals surface area contributed by atoms with Gasteiger partial charge in [-0.1, -0.05) is 61.7 Å². The molecule has 1 heterocycles. The van der Waals surface area contributed by atoms with Crippen LogP contribution in [0.2, 0.25) is 10.0 Å². The molecule has 156 valence electrons. The van der Waals surface area contributed by atoms with Crippen molar-refractivity contribution < 1.29 is 9.90 Å². The van der Waals surface area contributed by atoms with Gasteiger partial charge < -0.3 is 5.11 Å². The molecule has 1 N–H and O–H groups in total. The molecule has 29 heavy (non-hydrogen) atoms. The molecule has 1 aromatic carbocycles. The minimum absolute atomic E-state index is 0.0213. The van der Waals surface area contributed by atoms with Gasteiger partial charge in [0.15, 0.2) is 5.17 Å². The van der Waals surface area contributed by atoms with Gasteiger partial charge in [-0.05, 0) is 55.7 Å². The summed E-state index contributed by atoms with van der Waals surface area (Å²) in [5.41, 5.74) is 0.459. The molecule has 0 radical (unpaired) electrons. The van der Waals surface area contributed by atoms with Crippen molar-refractivity contribution in [2.45, 2.75) is 76.3 Å². The zero-order valence-corrected chi connectivity index (χ0v) is 18.7. The van der Waals surface area contributed by atoms with E-state index in [2.05, 4.69) is 0 Å². The first-order valence-electron chi connectivity index (χ1n) is 10.5. The summed E-state index contributed by atoms with van der Waals surface area (Å²) >= 11 is 13.6. The fourth-order valence-electron chi connectivity index (χ4n) is 4.44. The van der Waals surface area contributed by atoms with Crippen molar-refractivity contribution in [3.63, 3.8) is 0 Å². The molecule has 4 nitrogen and oxygen atoms in total. The number of halogens is 2. The van der Waals surface area contributed by atoms with Crippen LogP contribution in [-0.4, -0.2) is 33.2 Å². The Morgan fingerprint density at radius 1 is 1.03 bits per heavy atom. The average molecular weight is 453 g/mol. The van der Waals surface area contributed by atoms with Crippen LogP contribution < -0.4 is 0 Å². The summed E-state index contributed by atoms with van der Waals surface area (Å²) in [5.74, 6) is -0.0780. The summed E-state index contributed by atoms with van der Waals surface area (Å²) in [6.07, 6.45) is 13.2. The predicted molar refractivity (Wildman–Crippen MR) is 122 cm³/mol. The van der Waals surface area contributed by atoms with Gasteiger partial charge in [0.1, 0.15) is 5.75 Å². The van der Waals surface area contributed by atoms with Crippen molar-refractivity contribution in [1.29, 1.82) is 0 Å². The van der Waals surface area contributed by atoms with E-state index in [1.54, 1.807) is 12.1 Å². The molecule has 2 saturated carbocycles. The number of phenolic OH excluding ortho intramolecular Hbond substituents is 1. The van der Waals surface area contributed by atoms with Crippen molar-refractivity contribution in [3.05, 3.63) is 32.6 Å². The van der Waals surface area contributed by atoms with Gasteiger partial charge in [0.25, 0.3) is 5.91 Å². The quantitative estimate of drug-likeness (QED) is 0.522. The molecule has 3 aliphatic rings. The highest BCUT2D eigenvalue weighted by molar-refractivity contribution is 8.18. The monoisotopic (exact) mass is 452 g/mol. The first-order valence-corrected chi connectivity index (χ1v) is 12.1. The molecule has 2 aliphatic carbocycles. The summed E-state index contributed by atoms with van der Waals surface area (Å²) in [7, 11) is 0. The number of carbonyl (C=O) groups is 1. The van der Waals surface area contributed by atoms with Crippen LogP contribution in [0.5, 0.6) is 5.75 Å². The molecule has 0 unspecified atom stereocenters. The SMILES string of the molecule is O=C1C(=Cc2cc(Cl)cc(Cl)c2O)SC(=NC2CCCCC2)N1C1CCCCC1. The molecule has 3 fully saturated rings. The number of amides is 1. The number of hydrogen-bond donors (Lipinski definition) is 1. The number of amidine groups is 1. The molecule has 0 atom stereocenters. The molecule has 1 amide bonds. The zero-order valence-electron chi connectivity index (χ0n) is 16.4. The summed E-state index contributed by atoms with van der Waals surface area (Å²) in [6, 6.07) is 3.64. The van der Waals surface area contributed by atoms with E-state index < -0.39 is 0 Å². The van der Waals surface area contributed by atoms with Crippen LogP contribution in [0.3, 0.4) is 0 Å². The number of aromatic hydroxyl groups is 1. The van der Waals surface area contributed by atoms with Crippen LogP contribution in [0.4, 0.5) is 0 Å². The standard InChI is InChI=1S/C22H26Cl2N2O2S/c23-15-11-14(20(27)18(24)13-15)12-19-21(28)26(17-9-5-2-6-10-17)22(29-19)25-16-7-3-1-4-8-16/h11-13,16-17,27H,1-10H2. The first-order chi connectivity index (χ1) is 14.0. The number of carbonyl (C=O) groups excluding carboxylic acids is 1. The fourth-order valence-corrected chi connectivity index (χ4v) is 6.05. The lowest BCUT2D eigenvalue weighted by Crippen LogP contribution is -2.41. The van der Waals surface area contributed by atoms with Crippen molar-refractivity contribution in [1.82, 2.24) is 4.90 Å². The second-order valence-electron chi connectivity index (χ2n) is 8.11. The summed E-state index contributed by atoms with van der Waals surface area (Å²) in [4.78, 5) is 20.9. The lowest BCUT2D eigenvalue weighted by molar-refractivity contribution is -0.124. The number of thioether (sulfide) groups is 1. The molecule has 0 aromatic heterocycles. The maximum absolute atomic E-state index is 13.4. The number of phenols is 1. The second-order valence-corrected chi connectivity index (χ2v) is 9.96. The zero-order chi connectivity index (χ0) is 20.4. The lowest BCUT2D eigenvalue weighted by atomic mass is 9.94. The average Bonchev–Trinajstić information content (AvgIpc) is 3.02. The number of hydrogen-bond acceptors (Lipinski definition) is 4. The Balaban J connectivity index is 1.67. The maximum Gasteiger partial charge on any atom is 0.267 e. The molecular weight excluding hydrogens is 427 g/mol. The molecular formula is C22H26Cl2N2O2S. The van der Waals surface area contributed by atoms with E-state index in [9.17, 15) is 9.90 Å². The second kappa shape index (κ2) is 9.32. The van der Waals surface area contributed by atoms with E-state index in [1.807, 2.05) is 4.90 Å². The van der Waals surface area contributed by atoms with Gasteiger partial charge in [-0.15, -0.1) is 0 Å². The number of benzene rings is 1. The highest BCUT2D eigenvalue weighted by atomic mass is 35.5. The van der Waals surface area contributed by atoms with Crippen LogP contribution in [-0.2, 0) is 4.79 Å². The van der Waals surface area contributed by atoms with Crippen molar-refractivity contribution in [2.24, 2.45) is 4.99 Å². The Morgan fingerprint density at radius 3 is 2.38 bits per heavy atom. The van der Waals surface area contributed by atoms with E-state index in [4.69, 9.17) is 28.2 Å².